The summed E-state index contributed by atoms with van der Waals surface area (Å²) in [6.45, 7) is 26.2. The molecular weight excluding hydrogens is 925 g/mol. The Hall–Kier alpha value is -6.06. The number of aromatic nitrogens is 4. The minimum atomic E-state index is -1.42. The number of imidazole rings is 2. The Morgan fingerprint density at radius 1 is 0.535 bits per heavy atom. The van der Waals surface area contributed by atoms with Crippen LogP contribution in [0.4, 0.5) is 4.79 Å². The van der Waals surface area contributed by atoms with Crippen molar-refractivity contribution in [3.05, 3.63) is 36.4 Å². The van der Waals surface area contributed by atoms with Crippen molar-refractivity contribution in [2.45, 2.75) is 221 Å². The van der Waals surface area contributed by atoms with Crippen LogP contribution in [0.2, 0.25) is 0 Å². The third-order valence-corrected chi connectivity index (χ3v) is 9.33. The number of nitrogens with zero attached hydrogens (tertiary/aromatic N) is 5. The highest BCUT2D eigenvalue weighted by atomic mass is 16.6. The number of hydrogen-bond acceptors (Lipinski definition) is 16. The van der Waals surface area contributed by atoms with Crippen LogP contribution in [-0.4, -0.2) is 130 Å². The molecule has 0 bridgehead atoms. The van der Waals surface area contributed by atoms with Crippen molar-refractivity contribution < 1.29 is 67.1 Å². The Labute approximate surface area is 418 Å². The molecule has 0 aliphatic carbocycles. The van der Waals surface area contributed by atoms with Crippen molar-refractivity contribution in [2.75, 3.05) is 6.54 Å². The van der Waals surface area contributed by atoms with E-state index in [4.69, 9.17) is 23.7 Å². The molecular formula is C49H80N8O14. The largest absolute Gasteiger partial charge is 0.480 e. The van der Waals surface area contributed by atoms with E-state index in [0.717, 1.165) is 0 Å². The zero-order chi connectivity index (χ0) is 54.1. The topological polar surface area (TPSA) is 278 Å². The molecule has 0 fully saturated rings. The standard InChI is InChI=1S/C49H80N8O14/c1-45(2,3)67-38(59)22-20-34(43(65)71-49(13,14)15)54-44(66)53-33(42(64)70-48(10,11)12)19-21-37(58)52-32(41(62)63)18-16-17-25-55(28-35-50-23-26-56(35)30-39(60)68-46(4,5)6)29-36-51-24-27-57(36)31-40(61)69-47(7,8)9/h23-24,26-27,32-34H,16-22,25,28-31H2,1-15H3,(H,52,58)(H,62,63)(H2,53,54,66)/t32-,33-,34-/m0/s1. The Balaban J connectivity index is 2.20. The molecule has 400 valence electrons. The quantitative estimate of drug-likeness (QED) is 0.0570. The number of carbonyl (C=O) groups excluding carboxylic acids is 7. The van der Waals surface area contributed by atoms with Crippen LogP contribution in [0.25, 0.3) is 0 Å². The van der Waals surface area contributed by atoms with Gasteiger partial charge in [-0.1, -0.05) is 0 Å². The molecule has 0 radical (unpaired) electrons. The van der Waals surface area contributed by atoms with Crippen LogP contribution in [0.15, 0.2) is 24.8 Å². The molecule has 0 aliphatic heterocycles. The number of esters is 5. The second-order valence-electron chi connectivity index (χ2n) is 22.2. The highest BCUT2D eigenvalue weighted by Crippen LogP contribution is 2.18. The average Bonchev–Trinajstić information content (AvgIpc) is 3.80. The molecule has 0 spiro atoms. The molecule has 71 heavy (non-hydrogen) atoms. The van der Waals surface area contributed by atoms with Gasteiger partial charge < -0.3 is 53.9 Å². The summed E-state index contributed by atoms with van der Waals surface area (Å²) in [5.41, 5.74) is -4.10. The minimum Gasteiger partial charge on any atom is -0.480 e. The maximum Gasteiger partial charge on any atom is 0.329 e. The highest BCUT2D eigenvalue weighted by Gasteiger charge is 2.32. The van der Waals surface area contributed by atoms with E-state index in [0.29, 0.717) is 31.0 Å². The van der Waals surface area contributed by atoms with Gasteiger partial charge in [0.05, 0.1) is 13.1 Å². The fraction of sp³-hybridized carbons (Fsp3) is 0.714. The molecule has 22 heteroatoms. The van der Waals surface area contributed by atoms with Gasteiger partial charge in [0.2, 0.25) is 5.91 Å². The number of carboxylic acids is 1. The maximum absolute atomic E-state index is 13.4. The van der Waals surface area contributed by atoms with E-state index in [1.165, 1.54) is 0 Å². The number of aliphatic carboxylic acids is 1. The van der Waals surface area contributed by atoms with Crippen molar-refractivity contribution in [3.63, 3.8) is 0 Å². The van der Waals surface area contributed by atoms with Crippen LogP contribution in [-0.2, 0) is 83.4 Å². The fourth-order valence-electron chi connectivity index (χ4n) is 6.65. The number of ether oxygens (including phenoxy) is 5. The van der Waals surface area contributed by atoms with Crippen molar-refractivity contribution >= 4 is 47.8 Å². The number of rotatable bonds is 25. The number of hydrogen-bond donors (Lipinski definition) is 4. The molecule has 0 unspecified atom stereocenters. The SMILES string of the molecule is CC(C)(C)OC(=O)CC[C@H](NC(=O)N[C@@H](CCC(=O)N[C@@H](CCCCN(Cc1nccn1CC(=O)OC(C)(C)C)Cc1nccn1CC(=O)OC(C)(C)C)C(=O)O)C(=O)OC(C)(C)C)C(=O)OC(C)(C)C. The minimum absolute atomic E-state index is 0.0287. The van der Waals surface area contributed by atoms with Gasteiger partial charge in [-0.3, -0.25) is 24.1 Å². The first-order valence-electron chi connectivity index (χ1n) is 23.9. The van der Waals surface area contributed by atoms with E-state index in [1.807, 2.05) is 4.90 Å². The number of carboxylic acid groups (broad SMARTS) is 1. The van der Waals surface area contributed by atoms with Gasteiger partial charge in [-0.05, 0) is 143 Å². The predicted octanol–water partition coefficient (Wildman–Crippen LogP) is 5.13. The van der Waals surface area contributed by atoms with E-state index in [-0.39, 0.29) is 51.9 Å². The van der Waals surface area contributed by atoms with Gasteiger partial charge in [0, 0.05) is 37.6 Å². The number of carbonyl (C=O) groups is 8. The summed E-state index contributed by atoms with van der Waals surface area (Å²) in [5.74, 6) is -4.12. The number of urea groups is 1. The summed E-state index contributed by atoms with van der Waals surface area (Å²) < 4.78 is 30.7. The van der Waals surface area contributed by atoms with Gasteiger partial charge in [0.15, 0.2) is 0 Å². The second-order valence-corrected chi connectivity index (χ2v) is 22.2. The van der Waals surface area contributed by atoms with E-state index in [1.54, 1.807) is 138 Å². The monoisotopic (exact) mass is 1000 g/mol. The Kier molecular flexibility index (Phi) is 22.7. The molecule has 2 aromatic heterocycles. The fourth-order valence-corrected chi connectivity index (χ4v) is 6.65. The summed E-state index contributed by atoms with van der Waals surface area (Å²) in [6.07, 6.45) is 6.15. The second kappa shape index (κ2) is 26.4. The van der Waals surface area contributed by atoms with Crippen LogP contribution in [0.5, 0.6) is 0 Å². The van der Waals surface area contributed by atoms with Gasteiger partial charge in [-0.25, -0.2) is 29.1 Å². The van der Waals surface area contributed by atoms with Gasteiger partial charge in [-0.2, -0.15) is 0 Å². The summed E-state index contributed by atoms with van der Waals surface area (Å²) in [5, 5.41) is 17.6. The van der Waals surface area contributed by atoms with Gasteiger partial charge in [0.25, 0.3) is 0 Å². The zero-order valence-corrected chi connectivity index (χ0v) is 44.5. The van der Waals surface area contributed by atoms with Crippen LogP contribution >= 0.6 is 0 Å². The Morgan fingerprint density at radius 2 is 0.930 bits per heavy atom. The van der Waals surface area contributed by atoms with Crippen LogP contribution in [0.3, 0.4) is 0 Å². The number of amides is 3. The molecule has 2 aromatic rings. The molecule has 2 rings (SSSR count). The molecule has 2 heterocycles. The molecule has 4 N–H and O–H groups in total. The van der Waals surface area contributed by atoms with Gasteiger partial charge >= 0.3 is 41.8 Å². The van der Waals surface area contributed by atoms with Crippen LogP contribution < -0.4 is 16.0 Å². The molecule has 0 aliphatic rings. The van der Waals surface area contributed by atoms with Crippen LogP contribution in [0.1, 0.15) is 160 Å². The molecule has 0 saturated carbocycles. The van der Waals surface area contributed by atoms with Crippen molar-refractivity contribution in [3.8, 4) is 0 Å². The molecule has 22 nitrogen and oxygen atoms in total. The van der Waals surface area contributed by atoms with Crippen molar-refractivity contribution in [2.24, 2.45) is 0 Å². The number of nitrogens with one attached hydrogen (secondary N) is 3. The molecule has 0 saturated heterocycles. The van der Waals surface area contributed by atoms with Gasteiger partial charge in [0.1, 0.15) is 70.9 Å². The lowest BCUT2D eigenvalue weighted by Crippen LogP contribution is -2.53. The summed E-state index contributed by atoms with van der Waals surface area (Å²) >= 11 is 0. The Bertz CT molecular complexity index is 2040. The van der Waals surface area contributed by atoms with Gasteiger partial charge in [-0.15, -0.1) is 0 Å². The lowest BCUT2D eigenvalue weighted by atomic mass is 10.1. The smallest absolute Gasteiger partial charge is 0.329 e. The lowest BCUT2D eigenvalue weighted by Gasteiger charge is -2.27. The first kappa shape index (κ1) is 61.1. The Morgan fingerprint density at radius 3 is 1.32 bits per heavy atom. The highest BCUT2D eigenvalue weighted by molar-refractivity contribution is 5.88. The normalized spacial score (nSPS) is 13.6. The van der Waals surface area contributed by atoms with Crippen molar-refractivity contribution in [1.82, 2.24) is 40.0 Å². The van der Waals surface area contributed by atoms with E-state index in [2.05, 4.69) is 25.9 Å². The average molecular weight is 1010 g/mol. The summed E-state index contributed by atoms with van der Waals surface area (Å²) in [4.78, 5) is 115. The maximum atomic E-state index is 13.4. The van der Waals surface area contributed by atoms with E-state index >= 15 is 0 Å². The number of unbranched alkanes of at least 4 members (excludes halogenated alkanes) is 1. The molecule has 0 aromatic carbocycles. The third-order valence-electron chi connectivity index (χ3n) is 9.33. The zero-order valence-electron chi connectivity index (χ0n) is 44.5. The first-order valence-corrected chi connectivity index (χ1v) is 23.9. The lowest BCUT2D eigenvalue weighted by molar-refractivity contribution is -0.159. The van der Waals surface area contributed by atoms with E-state index in [9.17, 15) is 43.5 Å². The summed E-state index contributed by atoms with van der Waals surface area (Å²) in [6, 6.07) is -5.05. The predicted molar refractivity (Wildman–Crippen MR) is 259 cm³/mol. The van der Waals surface area contributed by atoms with Crippen molar-refractivity contribution in [1.29, 1.82) is 0 Å². The molecule has 3 atom stereocenters. The third kappa shape index (κ3) is 26.7. The van der Waals surface area contributed by atoms with E-state index < -0.39 is 100 Å². The molecule has 3 amide bonds. The van der Waals surface area contributed by atoms with Crippen LogP contribution in [0, 0.1) is 0 Å². The first-order chi connectivity index (χ1) is 32.5. The summed E-state index contributed by atoms with van der Waals surface area (Å²) in [7, 11) is 0.